The average Bonchev–Trinajstić information content (AvgIpc) is 3.10. The van der Waals surface area contributed by atoms with Crippen molar-refractivity contribution in [2.75, 3.05) is 7.11 Å². The molecule has 4 aromatic rings. The molecule has 0 spiro atoms. The van der Waals surface area contributed by atoms with Gasteiger partial charge in [-0.15, -0.1) is 5.10 Å². The summed E-state index contributed by atoms with van der Waals surface area (Å²) in [5.41, 5.74) is 1.31. The molecule has 124 valence electrons. The third-order valence-electron chi connectivity index (χ3n) is 3.50. The lowest BCUT2D eigenvalue weighted by atomic mass is 10.2. The first-order chi connectivity index (χ1) is 12.3. The topological polar surface area (TPSA) is 78.6 Å². The third-order valence-corrected chi connectivity index (χ3v) is 4.46. The fraction of sp³-hybridized carbons (Fsp3) is 0.0625. The van der Waals surface area contributed by atoms with Gasteiger partial charge in [0.15, 0.2) is 11.6 Å². The van der Waals surface area contributed by atoms with Crippen LogP contribution < -0.4 is 4.74 Å². The molecule has 7 nitrogen and oxygen atoms in total. The fourth-order valence-corrected chi connectivity index (χ4v) is 3.18. The van der Waals surface area contributed by atoms with Crippen molar-refractivity contribution in [2.24, 2.45) is 0 Å². The predicted molar refractivity (Wildman–Crippen MR) is 89.3 cm³/mol. The zero-order chi connectivity index (χ0) is 17.2. The minimum atomic E-state index is -0.473. The van der Waals surface area contributed by atoms with Crippen LogP contribution in [-0.4, -0.2) is 37.3 Å². The van der Waals surface area contributed by atoms with Crippen LogP contribution in [0.5, 0.6) is 5.75 Å². The van der Waals surface area contributed by atoms with Gasteiger partial charge in [-0.2, -0.15) is 4.68 Å². The van der Waals surface area contributed by atoms with E-state index in [2.05, 4.69) is 25.5 Å². The van der Waals surface area contributed by atoms with E-state index in [1.54, 1.807) is 10.7 Å². The van der Waals surface area contributed by atoms with E-state index < -0.39 is 5.82 Å². The molecule has 0 N–H and O–H groups in total. The van der Waals surface area contributed by atoms with Gasteiger partial charge in [0.05, 0.1) is 18.3 Å². The second-order valence-corrected chi connectivity index (χ2v) is 5.95. The summed E-state index contributed by atoms with van der Waals surface area (Å²) >= 11 is 1.27. The fourth-order valence-electron chi connectivity index (χ4n) is 2.33. The lowest BCUT2D eigenvalue weighted by Gasteiger charge is -2.08. The van der Waals surface area contributed by atoms with Gasteiger partial charge in [0, 0.05) is 11.5 Å². The number of fused-ring (bicyclic) bond motifs is 1. The van der Waals surface area contributed by atoms with E-state index in [0.717, 1.165) is 5.69 Å². The minimum absolute atomic E-state index is 0.131. The molecule has 0 aliphatic heterocycles. The predicted octanol–water partition coefficient (Wildman–Crippen LogP) is 2.90. The SMILES string of the molecule is COc1cc2c(Sc3nnnn3-c3ccccc3)ncnc2cc1F. The first-order valence-corrected chi connectivity index (χ1v) is 8.08. The molecule has 0 saturated heterocycles. The molecule has 2 heterocycles. The van der Waals surface area contributed by atoms with Crippen molar-refractivity contribution in [1.29, 1.82) is 0 Å². The average molecular weight is 354 g/mol. The van der Waals surface area contributed by atoms with Gasteiger partial charge in [0.2, 0.25) is 5.16 Å². The summed E-state index contributed by atoms with van der Waals surface area (Å²) in [6, 6.07) is 12.4. The summed E-state index contributed by atoms with van der Waals surface area (Å²) in [5.74, 6) is -0.342. The van der Waals surface area contributed by atoms with Crippen molar-refractivity contribution in [1.82, 2.24) is 30.2 Å². The lowest BCUT2D eigenvalue weighted by Crippen LogP contribution is -1.99. The second-order valence-electron chi connectivity index (χ2n) is 4.99. The summed E-state index contributed by atoms with van der Waals surface area (Å²) in [4.78, 5) is 8.40. The van der Waals surface area contributed by atoms with Crippen LogP contribution in [0.1, 0.15) is 0 Å². The number of hydrogen-bond acceptors (Lipinski definition) is 7. The number of rotatable bonds is 4. The summed E-state index contributed by atoms with van der Waals surface area (Å²) < 4.78 is 20.5. The minimum Gasteiger partial charge on any atom is -0.494 e. The van der Waals surface area contributed by atoms with Crippen LogP contribution in [0.3, 0.4) is 0 Å². The van der Waals surface area contributed by atoms with E-state index >= 15 is 0 Å². The molecule has 0 saturated carbocycles. The van der Waals surface area contributed by atoms with Gasteiger partial charge >= 0.3 is 0 Å². The van der Waals surface area contributed by atoms with E-state index in [-0.39, 0.29) is 5.75 Å². The highest BCUT2D eigenvalue weighted by Crippen LogP contribution is 2.33. The maximum absolute atomic E-state index is 13.9. The number of halogens is 1. The van der Waals surface area contributed by atoms with Gasteiger partial charge in [0.1, 0.15) is 11.4 Å². The molecule has 0 aliphatic carbocycles. The maximum atomic E-state index is 13.9. The number of benzene rings is 2. The first-order valence-electron chi connectivity index (χ1n) is 7.26. The Kier molecular flexibility index (Phi) is 3.98. The van der Waals surface area contributed by atoms with Crippen LogP contribution in [-0.2, 0) is 0 Å². The Morgan fingerprint density at radius 2 is 1.96 bits per heavy atom. The van der Waals surface area contributed by atoms with E-state index in [0.29, 0.717) is 21.1 Å². The van der Waals surface area contributed by atoms with E-state index in [1.165, 1.54) is 31.3 Å². The molecule has 2 aromatic heterocycles. The highest BCUT2D eigenvalue weighted by atomic mass is 32.2. The molecule has 0 unspecified atom stereocenters. The first kappa shape index (κ1) is 15.5. The Morgan fingerprint density at radius 3 is 2.76 bits per heavy atom. The zero-order valence-electron chi connectivity index (χ0n) is 13.0. The second kappa shape index (κ2) is 6.44. The molecular weight excluding hydrogens is 343 g/mol. The number of methoxy groups -OCH3 is 1. The maximum Gasteiger partial charge on any atom is 0.220 e. The van der Waals surface area contributed by atoms with Gasteiger partial charge in [-0.05, 0) is 40.4 Å². The van der Waals surface area contributed by atoms with Crippen LogP contribution in [0.4, 0.5) is 4.39 Å². The van der Waals surface area contributed by atoms with Crippen molar-refractivity contribution < 1.29 is 9.13 Å². The molecule has 9 heteroatoms. The lowest BCUT2D eigenvalue weighted by molar-refractivity contribution is 0.387. The normalized spacial score (nSPS) is 11.0. The van der Waals surface area contributed by atoms with Gasteiger partial charge in [-0.1, -0.05) is 18.2 Å². The van der Waals surface area contributed by atoms with Crippen molar-refractivity contribution in [3.8, 4) is 11.4 Å². The van der Waals surface area contributed by atoms with Gasteiger partial charge < -0.3 is 4.74 Å². The Morgan fingerprint density at radius 1 is 1.12 bits per heavy atom. The largest absolute Gasteiger partial charge is 0.494 e. The number of hydrogen-bond donors (Lipinski definition) is 0. The molecule has 25 heavy (non-hydrogen) atoms. The zero-order valence-corrected chi connectivity index (χ0v) is 13.8. The van der Waals surface area contributed by atoms with Crippen LogP contribution in [0.2, 0.25) is 0 Å². The number of tetrazole rings is 1. The molecule has 0 fully saturated rings. The van der Waals surface area contributed by atoms with Crippen molar-refractivity contribution >= 4 is 22.7 Å². The summed E-state index contributed by atoms with van der Waals surface area (Å²) in [6.45, 7) is 0. The molecular formula is C16H11FN6OS. The number of nitrogens with zero attached hydrogens (tertiary/aromatic N) is 6. The number of ether oxygens (including phenoxy) is 1. The Labute approximate surface area is 145 Å². The summed E-state index contributed by atoms with van der Waals surface area (Å²) in [6.07, 6.45) is 1.38. The standard InChI is InChI=1S/C16H11FN6OS/c1-24-14-7-11-13(8-12(14)17)18-9-19-15(11)25-16-20-21-22-23(16)10-5-3-2-4-6-10/h2-9H,1H3. The highest BCUT2D eigenvalue weighted by Gasteiger charge is 2.15. The summed E-state index contributed by atoms with van der Waals surface area (Å²) in [5, 5.41) is 13.6. The van der Waals surface area contributed by atoms with Crippen molar-refractivity contribution in [3.05, 3.63) is 54.6 Å². The Hall–Kier alpha value is -3.07. The molecule has 0 bridgehead atoms. The Balaban J connectivity index is 1.79. The van der Waals surface area contributed by atoms with Crippen molar-refractivity contribution in [3.63, 3.8) is 0 Å². The van der Waals surface area contributed by atoms with Crippen LogP contribution in [0.25, 0.3) is 16.6 Å². The van der Waals surface area contributed by atoms with Crippen LogP contribution in [0.15, 0.2) is 59.0 Å². The molecule has 0 radical (unpaired) electrons. The molecule has 0 amide bonds. The summed E-state index contributed by atoms with van der Waals surface area (Å²) in [7, 11) is 1.41. The number of para-hydroxylation sites is 1. The molecule has 0 atom stereocenters. The van der Waals surface area contributed by atoms with Crippen LogP contribution in [0, 0.1) is 5.82 Å². The van der Waals surface area contributed by atoms with Gasteiger partial charge in [-0.3, -0.25) is 0 Å². The smallest absolute Gasteiger partial charge is 0.220 e. The van der Waals surface area contributed by atoms with E-state index in [1.807, 2.05) is 30.3 Å². The van der Waals surface area contributed by atoms with Gasteiger partial charge in [-0.25, -0.2) is 14.4 Å². The Bertz CT molecular complexity index is 1040. The third kappa shape index (κ3) is 2.89. The van der Waals surface area contributed by atoms with E-state index in [4.69, 9.17) is 4.74 Å². The van der Waals surface area contributed by atoms with Crippen molar-refractivity contribution in [2.45, 2.75) is 10.2 Å². The van der Waals surface area contributed by atoms with Crippen LogP contribution >= 0.6 is 11.8 Å². The highest BCUT2D eigenvalue weighted by molar-refractivity contribution is 7.99. The quantitative estimate of drug-likeness (QED) is 0.521. The monoisotopic (exact) mass is 354 g/mol. The number of aromatic nitrogens is 6. The molecule has 0 aliphatic rings. The van der Waals surface area contributed by atoms with E-state index in [9.17, 15) is 4.39 Å². The molecule has 2 aromatic carbocycles. The molecule has 4 rings (SSSR count). The van der Waals surface area contributed by atoms with Gasteiger partial charge in [0.25, 0.3) is 0 Å².